The van der Waals surface area contributed by atoms with Gasteiger partial charge in [-0.05, 0) is 36.8 Å². The van der Waals surface area contributed by atoms with E-state index in [4.69, 9.17) is 4.74 Å². The zero-order valence-corrected chi connectivity index (χ0v) is 20.9. The first kappa shape index (κ1) is 25.4. The normalized spacial score (nSPS) is 17.5. The Hall–Kier alpha value is -3.22. The number of aromatic nitrogens is 2. The van der Waals surface area contributed by atoms with Crippen molar-refractivity contribution in [3.8, 4) is 11.3 Å². The number of hydrogen-bond acceptors (Lipinski definition) is 7. The van der Waals surface area contributed by atoms with Crippen LogP contribution in [0.2, 0.25) is 0 Å². The summed E-state index contributed by atoms with van der Waals surface area (Å²) in [6.45, 7) is 6.18. The van der Waals surface area contributed by atoms with Crippen LogP contribution in [0.5, 0.6) is 0 Å². The maximum absolute atomic E-state index is 13.7. The summed E-state index contributed by atoms with van der Waals surface area (Å²) in [5.41, 5.74) is -0.442. The van der Waals surface area contributed by atoms with Crippen LogP contribution in [0, 0.1) is 6.92 Å². The maximum atomic E-state index is 13.7. The molecular formula is C25H26F3N5O3S. The van der Waals surface area contributed by atoms with E-state index in [1.54, 1.807) is 37.3 Å². The predicted octanol–water partition coefficient (Wildman–Crippen LogP) is 3.79. The Morgan fingerprint density at radius 3 is 2.32 bits per heavy atom. The van der Waals surface area contributed by atoms with Gasteiger partial charge in [0.25, 0.3) is 10.0 Å². The summed E-state index contributed by atoms with van der Waals surface area (Å²) in [5.74, 6) is 0.295. The lowest BCUT2D eigenvalue weighted by Crippen LogP contribution is -2.56. The van der Waals surface area contributed by atoms with Gasteiger partial charge in [0.2, 0.25) is 0 Å². The molecule has 0 bridgehead atoms. The quantitative estimate of drug-likeness (QED) is 0.516. The van der Waals surface area contributed by atoms with Crippen LogP contribution in [0.4, 0.5) is 24.8 Å². The van der Waals surface area contributed by atoms with Crippen LogP contribution in [0.3, 0.4) is 0 Å². The Bertz CT molecular complexity index is 1390. The van der Waals surface area contributed by atoms with Gasteiger partial charge in [-0.3, -0.25) is 9.62 Å². The van der Waals surface area contributed by atoms with Crippen LogP contribution in [0.1, 0.15) is 11.1 Å². The van der Waals surface area contributed by atoms with Crippen LogP contribution in [0.15, 0.2) is 59.6 Å². The summed E-state index contributed by atoms with van der Waals surface area (Å²) in [4.78, 5) is 12.8. The summed E-state index contributed by atoms with van der Waals surface area (Å²) in [7, 11) is -4.21. The minimum atomic E-state index is -4.66. The number of pyridine rings is 2. The van der Waals surface area contributed by atoms with Gasteiger partial charge < -0.3 is 9.64 Å². The van der Waals surface area contributed by atoms with Crippen LogP contribution >= 0.6 is 0 Å². The number of aryl methyl sites for hydroxylation is 1. The minimum Gasteiger partial charge on any atom is -0.378 e. The topological polar surface area (TPSA) is 87.7 Å². The third-order valence-electron chi connectivity index (χ3n) is 6.60. The predicted molar refractivity (Wildman–Crippen MR) is 133 cm³/mol. The van der Waals surface area contributed by atoms with Crippen molar-refractivity contribution in [1.29, 1.82) is 0 Å². The summed E-state index contributed by atoms with van der Waals surface area (Å²) in [6, 6.07) is 13.5. The van der Waals surface area contributed by atoms with Gasteiger partial charge in [0.1, 0.15) is 11.6 Å². The second-order valence-electron chi connectivity index (χ2n) is 9.06. The van der Waals surface area contributed by atoms with E-state index in [1.807, 2.05) is 4.90 Å². The summed E-state index contributed by atoms with van der Waals surface area (Å²) in [6.07, 6.45) is -4.66. The number of nitrogens with one attached hydrogen (secondary N) is 1. The first-order valence-corrected chi connectivity index (χ1v) is 13.3. The summed E-state index contributed by atoms with van der Waals surface area (Å²) < 4.78 is 75.0. The third kappa shape index (κ3) is 5.41. The number of anilines is 2. The average molecular weight is 534 g/mol. The Labute approximate surface area is 213 Å². The fourth-order valence-corrected chi connectivity index (χ4v) is 5.42. The van der Waals surface area contributed by atoms with Gasteiger partial charge >= 0.3 is 6.18 Å². The second-order valence-corrected chi connectivity index (χ2v) is 10.7. The van der Waals surface area contributed by atoms with E-state index in [-0.39, 0.29) is 22.1 Å². The smallest absolute Gasteiger partial charge is 0.378 e. The van der Waals surface area contributed by atoms with Crippen molar-refractivity contribution in [2.75, 3.05) is 49.0 Å². The van der Waals surface area contributed by atoms with Crippen molar-refractivity contribution in [1.82, 2.24) is 14.9 Å². The molecule has 0 amide bonds. The highest BCUT2D eigenvalue weighted by molar-refractivity contribution is 7.92. The fraction of sp³-hybridized carbons (Fsp3) is 0.360. The molecule has 0 saturated carbocycles. The summed E-state index contributed by atoms with van der Waals surface area (Å²) in [5, 5.41) is -0.237. The van der Waals surface area contributed by atoms with Crippen molar-refractivity contribution in [2.24, 2.45) is 0 Å². The number of sulfonamides is 1. The molecule has 0 atom stereocenters. The number of piperazine rings is 1. The Balaban J connectivity index is 1.39. The number of halogens is 3. The van der Waals surface area contributed by atoms with Crippen molar-refractivity contribution >= 4 is 21.7 Å². The lowest BCUT2D eigenvalue weighted by Gasteiger charge is -2.42. The van der Waals surface area contributed by atoms with Gasteiger partial charge in [-0.25, -0.2) is 9.97 Å². The van der Waals surface area contributed by atoms with Crippen molar-refractivity contribution in [3.05, 3.63) is 65.7 Å². The highest BCUT2D eigenvalue weighted by Gasteiger charge is 2.35. The molecule has 3 aromatic rings. The molecule has 12 heteroatoms. The molecule has 2 saturated heterocycles. The molecule has 37 heavy (non-hydrogen) atoms. The van der Waals surface area contributed by atoms with Crippen LogP contribution in [-0.4, -0.2) is 68.7 Å². The van der Waals surface area contributed by atoms with E-state index in [0.29, 0.717) is 30.5 Å². The maximum Gasteiger partial charge on any atom is 0.418 e. The van der Waals surface area contributed by atoms with Crippen molar-refractivity contribution in [2.45, 2.75) is 24.2 Å². The van der Waals surface area contributed by atoms with E-state index in [0.717, 1.165) is 38.4 Å². The zero-order valence-electron chi connectivity index (χ0n) is 20.1. The summed E-state index contributed by atoms with van der Waals surface area (Å²) >= 11 is 0. The molecule has 2 fully saturated rings. The van der Waals surface area contributed by atoms with Gasteiger partial charge in [0.05, 0.1) is 30.5 Å². The highest BCUT2D eigenvalue weighted by atomic mass is 32.2. The number of hydrogen-bond donors (Lipinski definition) is 1. The highest BCUT2D eigenvalue weighted by Crippen LogP contribution is 2.38. The van der Waals surface area contributed by atoms with Crippen LogP contribution in [0.25, 0.3) is 11.3 Å². The molecule has 4 heterocycles. The fourth-order valence-electron chi connectivity index (χ4n) is 4.46. The van der Waals surface area contributed by atoms with Gasteiger partial charge in [0.15, 0.2) is 5.03 Å². The molecule has 2 aromatic heterocycles. The van der Waals surface area contributed by atoms with Crippen LogP contribution < -0.4 is 9.62 Å². The lowest BCUT2D eigenvalue weighted by atomic mass is 10.0. The van der Waals surface area contributed by atoms with Gasteiger partial charge in [-0.2, -0.15) is 21.6 Å². The van der Waals surface area contributed by atoms with Gasteiger partial charge in [-0.1, -0.05) is 30.3 Å². The Morgan fingerprint density at radius 1 is 0.946 bits per heavy atom. The molecule has 1 N–H and O–H groups in total. The van der Waals surface area contributed by atoms with Gasteiger partial charge in [0, 0.05) is 31.7 Å². The van der Waals surface area contributed by atoms with Crippen LogP contribution in [-0.2, 0) is 20.9 Å². The monoisotopic (exact) mass is 533 g/mol. The van der Waals surface area contributed by atoms with Crippen molar-refractivity contribution < 1.29 is 26.3 Å². The molecular weight excluding hydrogens is 507 g/mol. The number of nitrogens with zero attached hydrogens (tertiary/aromatic N) is 4. The molecule has 5 rings (SSSR count). The largest absolute Gasteiger partial charge is 0.418 e. The first-order chi connectivity index (χ1) is 17.6. The molecule has 0 spiro atoms. The Morgan fingerprint density at radius 2 is 1.68 bits per heavy atom. The van der Waals surface area contributed by atoms with E-state index in [1.165, 1.54) is 12.1 Å². The SMILES string of the molecule is Cc1ccccc1-c1nc(NS(=O)(=O)c2cccc(N3CCN(C4COC4)CC3)n2)ccc1C(F)(F)F. The third-order valence-corrected chi connectivity index (χ3v) is 7.85. The van der Waals surface area contributed by atoms with Gasteiger partial charge in [-0.15, -0.1) is 0 Å². The molecule has 0 radical (unpaired) electrons. The number of benzene rings is 1. The molecule has 8 nitrogen and oxygen atoms in total. The molecule has 196 valence electrons. The zero-order chi connectivity index (χ0) is 26.2. The Kier molecular flexibility index (Phi) is 6.82. The number of ether oxygens (including phenoxy) is 1. The number of rotatable bonds is 6. The average Bonchev–Trinajstić information content (AvgIpc) is 2.83. The van der Waals surface area contributed by atoms with E-state index in [2.05, 4.69) is 19.6 Å². The number of alkyl halides is 3. The van der Waals surface area contributed by atoms with E-state index >= 15 is 0 Å². The van der Waals surface area contributed by atoms with E-state index < -0.39 is 21.8 Å². The molecule has 0 aliphatic carbocycles. The molecule has 0 unspecified atom stereocenters. The lowest BCUT2D eigenvalue weighted by molar-refractivity contribution is -0.137. The second kappa shape index (κ2) is 9.92. The first-order valence-electron chi connectivity index (χ1n) is 11.8. The standard InChI is InChI=1S/C25H26F3N5O3S/c1-17-5-2-3-6-19(17)24-20(25(26,27)28)9-10-21(29-24)31-37(34,35)23-8-4-7-22(30-23)33-13-11-32(12-14-33)18-15-36-16-18/h2-10,18H,11-16H2,1H3,(H,29,31). The van der Waals surface area contributed by atoms with E-state index in [9.17, 15) is 21.6 Å². The molecule has 2 aliphatic heterocycles. The minimum absolute atomic E-state index is 0.227. The van der Waals surface area contributed by atoms with Crippen molar-refractivity contribution in [3.63, 3.8) is 0 Å². The molecule has 1 aromatic carbocycles. The molecule has 2 aliphatic rings.